The first-order valence-corrected chi connectivity index (χ1v) is 6.65. The van der Waals surface area contributed by atoms with Crippen molar-refractivity contribution in [2.75, 3.05) is 5.32 Å². The van der Waals surface area contributed by atoms with Crippen molar-refractivity contribution in [2.24, 2.45) is 11.8 Å². The lowest BCUT2D eigenvalue weighted by Crippen LogP contribution is -2.33. The molecule has 1 aromatic rings. The van der Waals surface area contributed by atoms with Gasteiger partial charge < -0.3 is 5.32 Å². The first-order chi connectivity index (χ1) is 8.06. The Labute approximate surface area is 107 Å². The molecule has 0 saturated heterocycles. The molecule has 2 rings (SSSR count). The summed E-state index contributed by atoms with van der Waals surface area (Å²) in [4.78, 5) is 0. The Bertz CT molecular complexity index is 394. The molecule has 94 valence electrons. The van der Waals surface area contributed by atoms with Crippen LogP contribution >= 0.6 is 11.6 Å². The highest BCUT2D eigenvalue weighted by molar-refractivity contribution is 6.30. The van der Waals surface area contributed by atoms with E-state index < -0.39 is 0 Å². The fourth-order valence-electron chi connectivity index (χ4n) is 2.54. The lowest BCUT2D eigenvalue weighted by molar-refractivity contribution is 0.280. The van der Waals surface area contributed by atoms with E-state index in [4.69, 9.17) is 11.6 Å². The van der Waals surface area contributed by atoms with E-state index in [1.54, 1.807) is 12.1 Å². The molecule has 0 heterocycles. The largest absolute Gasteiger partial charge is 0.380 e. The minimum absolute atomic E-state index is 0.222. The summed E-state index contributed by atoms with van der Waals surface area (Å²) in [5.41, 5.74) is 0.531. The standard InChI is InChI=1S/C14H19ClFN/c1-9-3-4-10(2)13(7-9)17-14-8-11(15)5-6-12(14)16/h5-6,8-10,13,17H,3-4,7H2,1-2H3. The zero-order valence-electron chi connectivity index (χ0n) is 10.3. The number of rotatable bonds is 2. The molecule has 0 radical (unpaired) electrons. The van der Waals surface area contributed by atoms with Crippen molar-refractivity contribution in [3.05, 3.63) is 29.0 Å². The Hall–Kier alpha value is -0.760. The number of hydrogen-bond acceptors (Lipinski definition) is 1. The first-order valence-electron chi connectivity index (χ1n) is 6.28. The van der Waals surface area contributed by atoms with Crippen LogP contribution in [0.5, 0.6) is 0 Å². The Kier molecular flexibility index (Phi) is 3.93. The Morgan fingerprint density at radius 3 is 2.82 bits per heavy atom. The van der Waals surface area contributed by atoms with Crippen molar-refractivity contribution in [3.8, 4) is 0 Å². The van der Waals surface area contributed by atoms with E-state index in [2.05, 4.69) is 19.2 Å². The molecule has 0 spiro atoms. The fraction of sp³-hybridized carbons (Fsp3) is 0.571. The van der Waals surface area contributed by atoms with Crippen molar-refractivity contribution >= 4 is 17.3 Å². The Morgan fingerprint density at radius 1 is 1.29 bits per heavy atom. The Morgan fingerprint density at radius 2 is 2.06 bits per heavy atom. The highest BCUT2D eigenvalue weighted by Crippen LogP contribution is 2.31. The van der Waals surface area contributed by atoms with Crippen LogP contribution in [0, 0.1) is 17.7 Å². The number of anilines is 1. The Balaban J connectivity index is 2.11. The van der Waals surface area contributed by atoms with E-state index >= 15 is 0 Å². The predicted octanol–water partition coefficient (Wildman–Crippen LogP) is 4.72. The molecule has 3 unspecified atom stereocenters. The molecule has 3 atom stereocenters. The molecule has 0 bridgehead atoms. The second-order valence-electron chi connectivity index (χ2n) is 5.27. The lowest BCUT2D eigenvalue weighted by atomic mass is 9.80. The van der Waals surface area contributed by atoms with Gasteiger partial charge in [0.25, 0.3) is 0 Å². The van der Waals surface area contributed by atoms with Gasteiger partial charge in [-0.2, -0.15) is 0 Å². The van der Waals surface area contributed by atoms with Crippen molar-refractivity contribution in [1.82, 2.24) is 0 Å². The van der Waals surface area contributed by atoms with Crippen molar-refractivity contribution in [3.63, 3.8) is 0 Å². The molecule has 1 aromatic carbocycles. The summed E-state index contributed by atoms with van der Waals surface area (Å²) < 4.78 is 13.6. The molecule has 0 amide bonds. The van der Waals surface area contributed by atoms with Gasteiger partial charge in [-0.15, -0.1) is 0 Å². The van der Waals surface area contributed by atoms with E-state index in [1.165, 1.54) is 18.9 Å². The van der Waals surface area contributed by atoms with Crippen LogP contribution in [-0.2, 0) is 0 Å². The zero-order chi connectivity index (χ0) is 12.4. The predicted molar refractivity (Wildman–Crippen MR) is 71.0 cm³/mol. The number of halogens is 2. The maximum absolute atomic E-state index is 13.6. The molecule has 0 aromatic heterocycles. The van der Waals surface area contributed by atoms with Gasteiger partial charge in [-0.25, -0.2) is 4.39 Å². The fourth-order valence-corrected chi connectivity index (χ4v) is 2.71. The highest BCUT2D eigenvalue weighted by atomic mass is 35.5. The third-order valence-electron chi connectivity index (χ3n) is 3.73. The van der Waals surface area contributed by atoms with Crippen molar-refractivity contribution in [2.45, 2.75) is 39.2 Å². The van der Waals surface area contributed by atoms with Gasteiger partial charge in [0.05, 0.1) is 5.69 Å². The molecular formula is C14H19ClFN. The zero-order valence-corrected chi connectivity index (χ0v) is 11.1. The molecule has 1 fully saturated rings. The summed E-state index contributed by atoms with van der Waals surface area (Å²) >= 11 is 5.89. The van der Waals surface area contributed by atoms with E-state index in [-0.39, 0.29) is 5.82 Å². The highest BCUT2D eigenvalue weighted by Gasteiger charge is 2.25. The maximum atomic E-state index is 13.6. The molecular weight excluding hydrogens is 237 g/mol. The lowest BCUT2D eigenvalue weighted by Gasteiger charge is -2.34. The van der Waals surface area contributed by atoms with Gasteiger partial charge in [-0.3, -0.25) is 0 Å². The van der Waals surface area contributed by atoms with Crippen LogP contribution in [0.25, 0.3) is 0 Å². The quantitative estimate of drug-likeness (QED) is 0.807. The summed E-state index contributed by atoms with van der Waals surface area (Å²) in [5.74, 6) is 1.08. The van der Waals surface area contributed by atoms with Crippen LogP contribution in [-0.4, -0.2) is 6.04 Å². The van der Waals surface area contributed by atoms with Gasteiger partial charge in [0, 0.05) is 11.1 Å². The third kappa shape index (κ3) is 3.12. The van der Waals surface area contributed by atoms with Gasteiger partial charge in [-0.05, 0) is 42.9 Å². The van der Waals surface area contributed by atoms with Gasteiger partial charge in [-0.1, -0.05) is 31.9 Å². The van der Waals surface area contributed by atoms with E-state index in [9.17, 15) is 4.39 Å². The SMILES string of the molecule is CC1CCC(C)C(Nc2cc(Cl)ccc2F)C1. The summed E-state index contributed by atoms with van der Waals surface area (Å²) in [6, 6.07) is 5.02. The van der Waals surface area contributed by atoms with E-state index in [0.717, 1.165) is 6.42 Å². The molecule has 0 aliphatic heterocycles. The number of nitrogens with one attached hydrogen (secondary N) is 1. The van der Waals surface area contributed by atoms with Gasteiger partial charge in [0.15, 0.2) is 0 Å². The molecule has 3 heteroatoms. The number of hydrogen-bond donors (Lipinski definition) is 1. The normalized spacial score (nSPS) is 29.1. The summed E-state index contributed by atoms with van der Waals surface area (Å²) in [5, 5.41) is 3.89. The monoisotopic (exact) mass is 255 g/mol. The molecule has 1 nitrogen and oxygen atoms in total. The van der Waals surface area contributed by atoms with Crippen LogP contribution in [0.4, 0.5) is 10.1 Å². The van der Waals surface area contributed by atoms with Crippen molar-refractivity contribution in [1.29, 1.82) is 0 Å². The average molecular weight is 256 g/mol. The summed E-state index contributed by atoms with van der Waals surface area (Å²) in [6.45, 7) is 4.49. The molecule has 1 aliphatic rings. The minimum Gasteiger partial charge on any atom is -0.380 e. The topological polar surface area (TPSA) is 12.0 Å². The minimum atomic E-state index is -0.222. The molecule has 1 saturated carbocycles. The maximum Gasteiger partial charge on any atom is 0.146 e. The molecule has 17 heavy (non-hydrogen) atoms. The van der Waals surface area contributed by atoms with Gasteiger partial charge >= 0.3 is 0 Å². The van der Waals surface area contributed by atoms with Crippen LogP contribution in [0.2, 0.25) is 5.02 Å². The smallest absolute Gasteiger partial charge is 0.146 e. The van der Waals surface area contributed by atoms with Crippen LogP contribution in [0.15, 0.2) is 18.2 Å². The van der Waals surface area contributed by atoms with Gasteiger partial charge in [0.2, 0.25) is 0 Å². The van der Waals surface area contributed by atoms with E-state index in [1.807, 2.05) is 0 Å². The third-order valence-corrected chi connectivity index (χ3v) is 3.96. The summed E-state index contributed by atoms with van der Waals surface area (Å²) in [6.07, 6.45) is 3.59. The number of benzene rings is 1. The van der Waals surface area contributed by atoms with Crippen LogP contribution in [0.1, 0.15) is 33.1 Å². The van der Waals surface area contributed by atoms with Crippen LogP contribution in [0.3, 0.4) is 0 Å². The van der Waals surface area contributed by atoms with Crippen LogP contribution < -0.4 is 5.32 Å². The first kappa shape index (κ1) is 12.7. The summed E-state index contributed by atoms with van der Waals surface area (Å²) in [7, 11) is 0. The van der Waals surface area contributed by atoms with E-state index in [0.29, 0.717) is 28.6 Å². The second-order valence-corrected chi connectivity index (χ2v) is 5.71. The van der Waals surface area contributed by atoms with Crippen molar-refractivity contribution < 1.29 is 4.39 Å². The molecule has 1 aliphatic carbocycles. The van der Waals surface area contributed by atoms with Gasteiger partial charge in [0.1, 0.15) is 5.82 Å². The molecule has 1 N–H and O–H groups in total. The second kappa shape index (κ2) is 5.26. The average Bonchev–Trinajstić information content (AvgIpc) is 2.28.